The largest absolute Gasteiger partial charge is 0.778 e. The first-order valence-corrected chi connectivity index (χ1v) is 18.5. The Morgan fingerprint density at radius 1 is 0.778 bits per heavy atom. The molecular formula is C28H28N2O12P3-3. The fourth-order valence-electron chi connectivity index (χ4n) is 4.70. The second kappa shape index (κ2) is 13.6. The number of fused-ring (bicyclic) bond motifs is 1. The minimum Gasteiger partial charge on any atom is -0.778 e. The van der Waals surface area contributed by atoms with Gasteiger partial charge in [0.15, 0.2) is 7.60 Å². The van der Waals surface area contributed by atoms with Gasteiger partial charge in [-0.1, -0.05) is 24.3 Å². The van der Waals surface area contributed by atoms with Crippen LogP contribution in [0.15, 0.2) is 66.7 Å². The molecule has 0 bridgehead atoms. The van der Waals surface area contributed by atoms with E-state index in [2.05, 4.69) is 9.05 Å². The zero-order valence-electron chi connectivity index (χ0n) is 24.3. The summed E-state index contributed by atoms with van der Waals surface area (Å²) < 4.78 is 51.2. The van der Waals surface area contributed by atoms with E-state index in [1.807, 2.05) is 0 Å². The van der Waals surface area contributed by atoms with E-state index in [9.17, 15) is 42.8 Å². The van der Waals surface area contributed by atoms with Crippen molar-refractivity contribution in [3.05, 3.63) is 94.5 Å². The minimum absolute atomic E-state index is 0.0121. The number of imide groups is 1. The highest BCUT2D eigenvalue weighted by Gasteiger charge is 2.37. The topological polar surface area (TPSA) is 206 Å². The molecule has 4 rings (SSSR count). The molecule has 17 heteroatoms. The molecule has 0 radical (unpaired) electrons. The van der Waals surface area contributed by atoms with Gasteiger partial charge in [0.05, 0.1) is 29.7 Å². The lowest BCUT2D eigenvalue weighted by molar-refractivity contribution is -0.198. The molecule has 1 aliphatic rings. The molecule has 3 unspecified atom stereocenters. The van der Waals surface area contributed by atoms with E-state index in [4.69, 9.17) is 4.52 Å². The molecule has 14 nitrogen and oxygen atoms in total. The van der Waals surface area contributed by atoms with Crippen molar-refractivity contribution in [2.45, 2.75) is 19.2 Å². The number of amides is 3. The third-order valence-electron chi connectivity index (χ3n) is 6.69. The van der Waals surface area contributed by atoms with Gasteiger partial charge in [-0.15, -0.1) is 0 Å². The van der Waals surface area contributed by atoms with E-state index in [-0.39, 0.29) is 45.8 Å². The van der Waals surface area contributed by atoms with Crippen molar-refractivity contribution in [2.24, 2.45) is 0 Å². The first-order valence-electron chi connectivity index (χ1n) is 13.3. The van der Waals surface area contributed by atoms with Crippen LogP contribution in [0.25, 0.3) is 0 Å². The Bertz CT molecular complexity index is 1720. The molecule has 3 aromatic rings. The molecule has 0 N–H and O–H groups in total. The third-order valence-corrected chi connectivity index (χ3v) is 10.6. The maximum Gasteiger partial charge on any atom is 0.266 e. The third kappa shape index (κ3) is 8.12. The molecule has 3 amide bonds. The van der Waals surface area contributed by atoms with E-state index >= 15 is 0 Å². The molecule has 0 saturated carbocycles. The van der Waals surface area contributed by atoms with E-state index < -0.39 is 59.1 Å². The Labute approximate surface area is 258 Å². The van der Waals surface area contributed by atoms with Crippen LogP contribution in [0, 0.1) is 0 Å². The van der Waals surface area contributed by atoms with E-state index in [1.165, 1.54) is 49.4 Å². The number of nitrogens with zero attached hydrogens (tertiary/aromatic N) is 2. The molecule has 1 aliphatic heterocycles. The van der Waals surface area contributed by atoms with Crippen LogP contribution in [-0.4, -0.2) is 44.8 Å². The zero-order valence-corrected chi connectivity index (χ0v) is 27.0. The van der Waals surface area contributed by atoms with Crippen LogP contribution >= 0.6 is 22.8 Å². The summed E-state index contributed by atoms with van der Waals surface area (Å²) in [5.41, 5.74) is 0.0340. The fraction of sp³-hybridized carbons (Fsp3) is 0.250. The normalized spacial score (nSPS) is 16.9. The number of carbonyl (C=O) groups excluding carboxylic acids is 3. The molecule has 0 aromatic heterocycles. The number of carbonyl (C=O) groups is 3. The number of benzene rings is 3. The predicted molar refractivity (Wildman–Crippen MR) is 158 cm³/mol. The van der Waals surface area contributed by atoms with Crippen molar-refractivity contribution in [1.82, 2.24) is 0 Å². The SMILES string of the molecule is CCOP(=O)([O-])CN(C(=O)c1cc(CP(=O)([O-])OC)cc(CP(=O)([O-])OC)c1)c1cccc(N2C(=O)c3ccccc3C2=O)c1. The molecule has 0 aliphatic carbocycles. The number of rotatable bonds is 13. The molecular weight excluding hydrogens is 649 g/mol. The highest BCUT2D eigenvalue weighted by Crippen LogP contribution is 2.44. The van der Waals surface area contributed by atoms with Crippen LogP contribution in [0.2, 0.25) is 0 Å². The fourth-order valence-corrected chi connectivity index (χ4v) is 7.33. The summed E-state index contributed by atoms with van der Waals surface area (Å²) >= 11 is 0. The van der Waals surface area contributed by atoms with Crippen LogP contribution in [-0.2, 0) is 39.6 Å². The summed E-state index contributed by atoms with van der Waals surface area (Å²) in [5.74, 6) is -2.22. The Kier molecular flexibility index (Phi) is 10.5. The zero-order chi connectivity index (χ0) is 33.2. The van der Waals surface area contributed by atoms with Gasteiger partial charge < -0.3 is 41.9 Å². The van der Waals surface area contributed by atoms with Gasteiger partial charge in [0.1, 0.15) is 15.2 Å². The molecule has 240 valence electrons. The van der Waals surface area contributed by atoms with Crippen LogP contribution in [0.3, 0.4) is 0 Å². The van der Waals surface area contributed by atoms with E-state index in [1.54, 1.807) is 12.1 Å². The monoisotopic (exact) mass is 677 g/mol. The van der Waals surface area contributed by atoms with Crippen LogP contribution in [0.5, 0.6) is 0 Å². The van der Waals surface area contributed by atoms with Crippen molar-refractivity contribution in [2.75, 3.05) is 36.9 Å². The summed E-state index contributed by atoms with van der Waals surface area (Å²) in [6, 6.07) is 15.2. The molecule has 45 heavy (non-hydrogen) atoms. The molecule has 3 atom stereocenters. The molecule has 0 saturated heterocycles. The summed E-state index contributed by atoms with van der Waals surface area (Å²) in [4.78, 5) is 79.2. The highest BCUT2D eigenvalue weighted by atomic mass is 31.2. The summed E-state index contributed by atoms with van der Waals surface area (Å²) in [6.45, 7) is 1.20. The highest BCUT2D eigenvalue weighted by molar-refractivity contribution is 7.51. The lowest BCUT2D eigenvalue weighted by atomic mass is 10.1. The number of hydrogen-bond acceptors (Lipinski definition) is 12. The van der Waals surface area contributed by atoms with Gasteiger partial charge in [0.25, 0.3) is 17.7 Å². The average Bonchev–Trinajstić information content (AvgIpc) is 3.24. The van der Waals surface area contributed by atoms with E-state index in [0.717, 1.165) is 36.2 Å². The molecule has 3 aromatic carbocycles. The van der Waals surface area contributed by atoms with Gasteiger partial charge in [-0.3, -0.25) is 19.3 Å². The first-order chi connectivity index (χ1) is 21.1. The second-order valence-corrected chi connectivity index (χ2v) is 15.4. The van der Waals surface area contributed by atoms with Gasteiger partial charge >= 0.3 is 0 Å². The van der Waals surface area contributed by atoms with Gasteiger partial charge in [-0.05, 0) is 60.5 Å². The van der Waals surface area contributed by atoms with Crippen molar-refractivity contribution in [3.8, 4) is 0 Å². The van der Waals surface area contributed by atoms with Crippen molar-refractivity contribution in [1.29, 1.82) is 0 Å². The lowest BCUT2D eigenvalue weighted by Crippen LogP contribution is -2.35. The second-order valence-electron chi connectivity index (χ2n) is 9.86. The Hall–Kier alpha value is -3.28. The maximum absolute atomic E-state index is 14.0. The lowest BCUT2D eigenvalue weighted by Gasteiger charge is -2.31. The van der Waals surface area contributed by atoms with Crippen molar-refractivity contribution >= 4 is 51.9 Å². The van der Waals surface area contributed by atoms with Crippen LogP contribution in [0.1, 0.15) is 49.1 Å². The molecule has 0 spiro atoms. The van der Waals surface area contributed by atoms with Gasteiger partial charge in [0, 0.05) is 37.8 Å². The average molecular weight is 677 g/mol. The van der Waals surface area contributed by atoms with E-state index in [0.29, 0.717) is 0 Å². The van der Waals surface area contributed by atoms with Crippen molar-refractivity contribution < 1.29 is 56.3 Å². The maximum atomic E-state index is 14.0. The number of hydrogen-bond donors (Lipinski definition) is 0. The number of anilines is 2. The Balaban J connectivity index is 1.82. The summed E-state index contributed by atoms with van der Waals surface area (Å²) in [6.07, 6.45) is -2.41. The van der Waals surface area contributed by atoms with Gasteiger partial charge in [0.2, 0.25) is 0 Å². The molecule has 1 heterocycles. The van der Waals surface area contributed by atoms with Crippen molar-refractivity contribution in [3.63, 3.8) is 0 Å². The van der Waals surface area contributed by atoms with Gasteiger partial charge in [-0.25, -0.2) is 4.90 Å². The standard InChI is InChI=1S/C28H31N2O12P3/c1-4-42-45(38,39)18-29(22-8-7-9-23(15-22)30-27(32)24-10-5-6-11-25(24)28(30)33)26(31)21-13-19(16-43(34,35)40-2)12-20(14-21)17-44(36,37)41-3/h5-15H,4,16-18H2,1-3H3,(H,34,35)(H,36,37)(H,38,39)/p-3. The van der Waals surface area contributed by atoms with Crippen LogP contribution < -0.4 is 24.5 Å². The summed E-state index contributed by atoms with van der Waals surface area (Å²) in [5, 5.41) is 0. The first kappa shape index (κ1) is 34.6. The Morgan fingerprint density at radius 3 is 1.80 bits per heavy atom. The summed E-state index contributed by atoms with van der Waals surface area (Å²) in [7, 11) is -11.7. The Morgan fingerprint density at radius 2 is 1.31 bits per heavy atom. The van der Waals surface area contributed by atoms with Crippen LogP contribution in [0.4, 0.5) is 11.4 Å². The smallest absolute Gasteiger partial charge is 0.266 e. The predicted octanol–water partition coefficient (Wildman–Crippen LogP) is 3.08. The van der Waals surface area contributed by atoms with Gasteiger partial charge in [-0.2, -0.15) is 0 Å². The quantitative estimate of drug-likeness (QED) is 0.189. The minimum atomic E-state index is -4.72. The molecule has 0 fully saturated rings.